The lowest BCUT2D eigenvalue weighted by atomic mass is 9.90. The summed E-state index contributed by atoms with van der Waals surface area (Å²) >= 11 is 0. The first kappa shape index (κ1) is 55.6. The summed E-state index contributed by atoms with van der Waals surface area (Å²) < 4.78 is 145. The zero-order valence-electron chi connectivity index (χ0n) is 36.4. The number of aliphatic hydroxyl groups excluding tert-OH is 5. The lowest BCUT2D eigenvalue weighted by Crippen LogP contribution is -2.67. The minimum atomic E-state index is -5.16. The molecule has 4 aliphatic rings. The standard InChI is InChI=1S/C35H67N3O23S3/c1-7-20-26(41)27(42)22(37-60-63(46,47)48)34(55-20)57-30-19(6)54-33(17(4)25(30)40)59-31-21(8-2)56-35(23(28(31)43)38-61-64(49,50)51)58-29-18(5)53-32(16(3)24(29)39)52-13-10-9-11-14-62(44,45)15-12-36/h16-35,37-43H,7-15,36H2,1-6H3,(H,46,47,48)(H,49,50,51)/t16?,17?,18?,19?,20?,21?,22?,23?,24-,25-,26+,27+,28+,29+,30+,31+,32+,33-,34+,35+/m0/s1. The average Bonchev–Trinajstić information content (AvgIpc) is 3.20. The lowest BCUT2D eigenvalue weighted by Gasteiger charge is -2.50. The first-order chi connectivity index (χ1) is 29.8. The molecule has 0 aliphatic carbocycles. The summed E-state index contributed by atoms with van der Waals surface area (Å²) in [5.41, 5.74) is 9.32. The maximum absolute atomic E-state index is 11.9. The fourth-order valence-electron chi connectivity index (χ4n) is 7.98. The molecule has 0 aromatic carbocycles. The topological polar surface area (TPSA) is 386 Å². The number of unbranched alkanes of at least 4 members (excludes halogenated alkanes) is 2. The summed E-state index contributed by atoms with van der Waals surface area (Å²) in [6.45, 7) is 9.79. The van der Waals surface area contributed by atoms with Crippen molar-refractivity contribution in [3.8, 4) is 0 Å². The highest BCUT2D eigenvalue weighted by molar-refractivity contribution is 7.91. The number of sulfone groups is 1. The van der Waals surface area contributed by atoms with Gasteiger partial charge < -0.3 is 69.2 Å². The van der Waals surface area contributed by atoms with E-state index in [1.54, 1.807) is 27.7 Å². The van der Waals surface area contributed by atoms with Gasteiger partial charge in [0.05, 0.1) is 48.1 Å². The van der Waals surface area contributed by atoms with Crippen LogP contribution in [-0.4, -0.2) is 195 Å². The predicted molar refractivity (Wildman–Crippen MR) is 216 cm³/mol. The molecule has 64 heavy (non-hydrogen) atoms. The van der Waals surface area contributed by atoms with Crippen molar-refractivity contribution in [2.45, 2.75) is 184 Å². The molecule has 4 rings (SSSR count). The number of hydroxylamine groups is 2. The molecule has 0 bridgehead atoms. The smallest absolute Gasteiger partial charge is 0.390 e. The molecule has 29 heteroatoms. The highest BCUT2D eigenvalue weighted by Crippen LogP contribution is 2.37. The molecule has 4 aliphatic heterocycles. The molecule has 0 saturated carbocycles. The second-order valence-corrected chi connectivity index (χ2v) is 20.8. The van der Waals surface area contributed by atoms with Crippen molar-refractivity contribution >= 4 is 30.6 Å². The third-order valence-corrected chi connectivity index (χ3v) is 14.1. The van der Waals surface area contributed by atoms with E-state index in [4.69, 9.17) is 48.2 Å². The van der Waals surface area contributed by atoms with E-state index in [-0.39, 0.29) is 37.5 Å². The SMILES string of the molecule is CCC1O[C@H](O[C@@H]2C(C)O[C@@H](O[C@@H]3C(CC)O[C@H](O[C@@H]4C(C)O[C@@H](OCCCCCS(=O)(=O)CCN)C(C)[C@@H]4O)C(NOS(=O)(=O)O)[C@H]3O)C(C)[C@@H]2O)C(NOS(=O)(=O)O)[C@@H](O)[C@@H]1O. The normalized spacial score (nSPS) is 41.5. The van der Waals surface area contributed by atoms with Crippen molar-refractivity contribution in [1.29, 1.82) is 0 Å². The molecule has 0 spiro atoms. The second-order valence-electron chi connectivity index (χ2n) is 16.5. The first-order valence-electron chi connectivity index (χ1n) is 21.2. The number of hydrogen-bond acceptors (Lipinski definition) is 24. The molecule has 26 nitrogen and oxygen atoms in total. The lowest BCUT2D eigenvalue weighted by molar-refractivity contribution is -0.367. The molecule has 0 aromatic heterocycles. The van der Waals surface area contributed by atoms with Crippen LogP contribution in [0, 0.1) is 11.8 Å². The highest BCUT2D eigenvalue weighted by Gasteiger charge is 2.54. The van der Waals surface area contributed by atoms with Crippen LogP contribution < -0.4 is 16.7 Å². The Balaban J connectivity index is 1.44. The van der Waals surface area contributed by atoms with E-state index in [2.05, 4.69) is 14.0 Å². The van der Waals surface area contributed by atoms with Crippen LogP contribution >= 0.6 is 0 Å². The monoisotopic (exact) mass is 993 g/mol. The van der Waals surface area contributed by atoms with Crippen molar-refractivity contribution in [2.75, 3.05) is 24.7 Å². The molecule has 8 unspecified atom stereocenters. The minimum absolute atomic E-state index is 0.00916. The molecule has 20 atom stereocenters. The van der Waals surface area contributed by atoms with Gasteiger partial charge in [-0.05, 0) is 39.5 Å². The molecule has 0 amide bonds. The van der Waals surface area contributed by atoms with E-state index < -0.39 is 153 Å². The van der Waals surface area contributed by atoms with Gasteiger partial charge in [0.2, 0.25) is 0 Å². The van der Waals surface area contributed by atoms with Gasteiger partial charge in [0.1, 0.15) is 48.7 Å². The van der Waals surface area contributed by atoms with Gasteiger partial charge in [-0.15, -0.1) is 0 Å². The van der Waals surface area contributed by atoms with Gasteiger partial charge in [-0.3, -0.25) is 9.11 Å². The molecule has 11 N–H and O–H groups in total. The van der Waals surface area contributed by atoms with Gasteiger partial charge in [-0.2, -0.15) is 36.4 Å². The van der Waals surface area contributed by atoms with Crippen molar-refractivity contribution in [1.82, 2.24) is 11.0 Å². The Bertz CT molecular complexity index is 1770. The molecule has 4 fully saturated rings. The number of ether oxygens (including phenoxy) is 8. The number of nitrogens with two attached hydrogens (primary N) is 1. The van der Waals surface area contributed by atoms with Crippen LogP contribution in [0.5, 0.6) is 0 Å². The Morgan fingerprint density at radius 3 is 1.52 bits per heavy atom. The molecular formula is C35H67N3O23S3. The Hall–Kier alpha value is -0.950. The maximum Gasteiger partial charge on any atom is 0.413 e. The highest BCUT2D eigenvalue weighted by atomic mass is 32.3. The Labute approximate surface area is 373 Å². The van der Waals surface area contributed by atoms with E-state index in [0.717, 1.165) is 0 Å². The van der Waals surface area contributed by atoms with Gasteiger partial charge in [-0.25, -0.2) is 8.42 Å². The van der Waals surface area contributed by atoms with Crippen LogP contribution in [0.1, 0.15) is 73.6 Å². The van der Waals surface area contributed by atoms with Gasteiger partial charge in [0.25, 0.3) is 0 Å². The number of aliphatic hydroxyl groups is 5. The Morgan fingerprint density at radius 1 is 0.547 bits per heavy atom. The fourth-order valence-corrected chi connectivity index (χ4v) is 9.65. The Morgan fingerprint density at radius 2 is 1.02 bits per heavy atom. The van der Waals surface area contributed by atoms with Crippen molar-refractivity contribution in [3.05, 3.63) is 0 Å². The quantitative estimate of drug-likeness (QED) is 0.0276. The van der Waals surface area contributed by atoms with E-state index in [0.29, 0.717) is 19.3 Å². The van der Waals surface area contributed by atoms with E-state index in [9.17, 15) is 55.3 Å². The summed E-state index contributed by atoms with van der Waals surface area (Å²) in [6, 6.07) is -3.26. The molecule has 4 saturated heterocycles. The average molecular weight is 994 g/mol. The fraction of sp³-hybridized carbons (Fsp3) is 1.00. The molecule has 4 heterocycles. The molecular weight excluding hydrogens is 927 g/mol. The van der Waals surface area contributed by atoms with E-state index in [1.807, 2.05) is 5.48 Å². The van der Waals surface area contributed by atoms with Crippen LogP contribution in [0.2, 0.25) is 0 Å². The van der Waals surface area contributed by atoms with Gasteiger partial charge in [-0.1, -0.05) is 34.1 Å². The van der Waals surface area contributed by atoms with Crippen molar-refractivity contribution in [2.24, 2.45) is 17.6 Å². The molecule has 0 aromatic rings. The van der Waals surface area contributed by atoms with Crippen LogP contribution in [0.4, 0.5) is 0 Å². The summed E-state index contributed by atoms with van der Waals surface area (Å²) in [7, 11) is -13.5. The number of hydrogen-bond donors (Lipinski definition) is 10. The number of nitrogens with one attached hydrogen (secondary N) is 2. The second kappa shape index (κ2) is 24.1. The molecule has 378 valence electrons. The summed E-state index contributed by atoms with van der Waals surface area (Å²) in [5.74, 6) is -1.74. The predicted octanol–water partition coefficient (Wildman–Crippen LogP) is -3.08. The zero-order chi connectivity index (χ0) is 47.9. The maximum atomic E-state index is 11.9. The third kappa shape index (κ3) is 15.0. The summed E-state index contributed by atoms with van der Waals surface area (Å²) in [4.78, 5) is 0. The Kier molecular flexibility index (Phi) is 20.9. The summed E-state index contributed by atoms with van der Waals surface area (Å²) in [6.07, 6.45) is -19.0. The minimum Gasteiger partial charge on any atom is -0.390 e. The van der Waals surface area contributed by atoms with Gasteiger partial charge >= 0.3 is 20.8 Å². The van der Waals surface area contributed by atoms with E-state index in [1.165, 1.54) is 13.8 Å². The summed E-state index contributed by atoms with van der Waals surface area (Å²) in [5, 5.41) is 56.0. The number of rotatable bonds is 23. The van der Waals surface area contributed by atoms with Crippen LogP contribution in [0.25, 0.3) is 0 Å². The van der Waals surface area contributed by atoms with Gasteiger partial charge in [0.15, 0.2) is 35.0 Å². The van der Waals surface area contributed by atoms with Crippen LogP contribution in [0.3, 0.4) is 0 Å². The largest absolute Gasteiger partial charge is 0.413 e. The van der Waals surface area contributed by atoms with E-state index >= 15 is 0 Å². The molecule has 0 radical (unpaired) electrons. The van der Waals surface area contributed by atoms with Gasteiger partial charge in [0, 0.05) is 25.0 Å². The first-order valence-corrected chi connectivity index (χ1v) is 25.7. The van der Waals surface area contributed by atoms with Crippen LogP contribution in [-0.2, 0) is 77.1 Å². The third-order valence-electron chi connectivity index (χ3n) is 11.7. The zero-order valence-corrected chi connectivity index (χ0v) is 38.8. The van der Waals surface area contributed by atoms with Crippen LogP contribution in [0.15, 0.2) is 0 Å². The van der Waals surface area contributed by atoms with Crippen molar-refractivity contribution < 1.29 is 106 Å². The van der Waals surface area contributed by atoms with Crippen molar-refractivity contribution in [3.63, 3.8) is 0 Å².